The van der Waals surface area contributed by atoms with E-state index in [0.29, 0.717) is 49.0 Å². The summed E-state index contributed by atoms with van der Waals surface area (Å²) < 4.78 is 53.9. The molecular weight excluding hydrogens is 744 g/mol. The van der Waals surface area contributed by atoms with Gasteiger partial charge in [0.05, 0.1) is 24.9 Å². The van der Waals surface area contributed by atoms with Gasteiger partial charge in [0, 0.05) is 30.0 Å². The van der Waals surface area contributed by atoms with Gasteiger partial charge in [0.2, 0.25) is 21.8 Å². The first-order chi connectivity index (χ1) is 26.8. The second-order valence-electron chi connectivity index (χ2n) is 15.9. The predicted octanol–water partition coefficient (Wildman–Crippen LogP) is 2.41. The molecule has 2 aromatic carbocycles. The van der Waals surface area contributed by atoms with Crippen LogP contribution >= 0.6 is 0 Å². The number of nitrogens with zero attached hydrogens (tertiary/aromatic N) is 2. The van der Waals surface area contributed by atoms with E-state index < -0.39 is 80.5 Å². The van der Waals surface area contributed by atoms with Gasteiger partial charge in [0.15, 0.2) is 0 Å². The molecule has 5 atom stereocenters. The number of carbonyl (C=O) groups is 5. The van der Waals surface area contributed by atoms with Gasteiger partial charge in [0.25, 0.3) is 11.8 Å². The lowest BCUT2D eigenvalue weighted by molar-refractivity contribution is -0.141. The van der Waals surface area contributed by atoms with Crippen LogP contribution in [0.2, 0.25) is 6.82 Å². The highest BCUT2D eigenvalue weighted by molar-refractivity contribution is 7.91. The topological polar surface area (TPSA) is 181 Å². The summed E-state index contributed by atoms with van der Waals surface area (Å²) in [5, 5.41) is 5.07. The average Bonchev–Trinajstić information content (AvgIpc) is 4.00. The van der Waals surface area contributed by atoms with Crippen LogP contribution < -0.4 is 20.8 Å². The molecule has 14 nitrogen and oxygen atoms in total. The second kappa shape index (κ2) is 15.0. The Bertz CT molecular complexity index is 2110. The van der Waals surface area contributed by atoms with Gasteiger partial charge in [0.1, 0.15) is 29.5 Å². The van der Waals surface area contributed by atoms with Crippen LogP contribution in [-0.2, 0) is 53.5 Å². The average molecular weight is 790 g/mol. The lowest BCUT2D eigenvalue weighted by atomic mass is 9.64. The molecule has 8 rings (SSSR count). The highest BCUT2D eigenvalue weighted by Gasteiger charge is 2.62. The van der Waals surface area contributed by atoms with Crippen molar-refractivity contribution in [3.05, 3.63) is 76.6 Å². The Hall–Kier alpha value is -4.77. The van der Waals surface area contributed by atoms with Gasteiger partial charge in [-0.2, -0.15) is 0 Å². The summed E-state index contributed by atoms with van der Waals surface area (Å²) in [7, 11) is -3.93. The number of hydrogen-bond acceptors (Lipinski definition) is 9. The quantitative estimate of drug-likeness (QED) is 0.293. The summed E-state index contributed by atoms with van der Waals surface area (Å²) in [6, 6.07) is 7.63. The number of benzene rings is 2. The first-order valence-corrected chi connectivity index (χ1v) is 21.0. The van der Waals surface area contributed by atoms with Crippen LogP contribution in [0.15, 0.2) is 48.6 Å². The number of ether oxygens (including phenoxy) is 1. The number of fused-ring (bicyclic) bond motifs is 4. The molecule has 3 N–H and O–H groups in total. The fourth-order valence-corrected chi connectivity index (χ4v) is 9.73. The normalized spacial score (nSPS) is 28.1. The third-order valence-electron chi connectivity index (χ3n) is 11.9. The molecule has 4 heterocycles. The third kappa shape index (κ3) is 7.54. The summed E-state index contributed by atoms with van der Waals surface area (Å²) >= 11 is 0. The summed E-state index contributed by atoms with van der Waals surface area (Å²) in [6.07, 6.45) is 6.00. The Balaban J connectivity index is 1.06. The van der Waals surface area contributed by atoms with E-state index >= 15 is 0 Å². The van der Waals surface area contributed by atoms with Gasteiger partial charge in [-0.25, -0.2) is 17.6 Å². The van der Waals surface area contributed by atoms with E-state index in [1.54, 1.807) is 24.3 Å². The zero-order valence-corrected chi connectivity index (χ0v) is 31.9. The molecule has 5 amide bonds. The van der Waals surface area contributed by atoms with E-state index in [0.717, 1.165) is 23.9 Å². The molecule has 17 heteroatoms. The van der Waals surface area contributed by atoms with Crippen molar-refractivity contribution in [3.63, 3.8) is 0 Å². The minimum atomic E-state index is -3.93. The Morgan fingerprint density at radius 1 is 1.05 bits per heavy atom. The minimum Gasteiger partial charge on any atom is -0.444 e. The van der Waals surface area contributed by atoms with Crippen molar-refractivity contribution in [2.45, 2.75) is 113 Å². The maximum absolute atomic E-state index is 14.6. The number of hydrogen-bond donors (Lipinski definition) is 3. The van der Waals surface area contributed by atoms with E-state index in [1.807, 2.05) is 25.0 Å². The van der Waals surface area contributed by atoms with E-state index in [-0.39, 0.29) is 45.8 Å². The van der Waals surface area contributed by atoms with Crippen molar-refractivity contribution < 1.29 is 46.2 Å². The lowest BCUT2D eigenvalue weighted by Gasteiger charge is -2.30. The summed E-state index contributed by atoms with van der Waals surface area (Å²) in [6.45, 7) is 2.10. The van der Waals surface area contributed by atoms with E-state index in [9.17, 15) is 36.8 Å². The zero-order valence-electron chi connectivity index (χ0n) is 31.1. The molecule has 56 heavy (non-hydrogen) atoms. The molecule has 4 aliphatic heterocycles. The molecule has 296 valence electrons. The maximum Gasteiger partial charge on any atom is 0.410 e. The van der Waals surface area contributed by atoms with Crippen LogP contribution in [0.3, 0.4) is 0 Å². The molecule has 1 unspecified atom stereocenters. The van der Waals surface area contributed by atoms with Crippen LogP contribution in [0.1, 0.15) is 84.8 Å². The Morgan fingerprint density at radius 2 is 1.88 bits per heavy atom. The Morgan fingerprint density at radius 3 is 2.66 bits per heavy atom. The van der Waals surface area contributed by atoms with Crippen molar-refractivity contribution in [1.82, 2.24) is 25.2 Å². The van der Waals surface area contributed by atoms with Gasteiger partial charge in [-0.1, -0.05) is 56.1 Å². The number of rotatable bonds is 6. The fourth-order valence-electron chi connectivity index (χ4n) is 8.37. The smallest absolute Gasteiger partial charge is 0.410 e. The fraction of sp³-hybridized carbons (Fsp3) is 0.513. The number of sulfonamides is 1. The SMILES string of the molecule is CB1OCc2ccc(C(=O)N[C@H]3CCCCC/C=C\[C@@H]4C[C@@]4(C(=O)NS(=O)(=O)C4CC4)NC(=O)C4C[C@@H](OC(=O)N5Cc6cccc(F)c6C5)CN4C3=O)cc21. The third-order valence-corrected chi connectivity index (χ3v) is 13.8. The molecule has 0 spiro atoms. The van der Waals surface area contributed by atoms with E-state index in [2.05, 4.69) is 15.4 Å². The molecule has 0 aromatic heterocycles. The van der Waals surface area contributed by atoms with Gasteiger partial charge >= 0.3 is 13.0 Å². The molecule has 1 saturated heterocycles. The predicted molar refractivity (Wildman–Crippen MR) is 201 cm³/mol. The first kappa shape index (κ1) is 38.1. The van der Waals surface area contributed by atoms with Gasteiger partial charge in [-0.15, -0.1) is 0 Å². The van der Waals surface area contributed by atoms with Crippen molar-refractivity contribution >= 4 is 52.1 Å². The number of nitrogens with one attached hydrogen (secondary N) is 3. The molecule has 2 aromatic rings. The van der Waals surface area contributed by atoms with Crippen LogP contribution in [-0.4, -0.2) is 90.4 Å². The Kier molecular flexibility index (Phi) is 10.2. The van der Waals surface area contributed by atoms with Gasteiger partial charge < -0.3 is 24.9 Å². The van der Waals surface area contributed by atoms with E-state index in [1.165, 1.54) is 15.9 Å². The number of carbonyl (C=O) groups excluding carboxylic acids is 5. The first-order valence-electron chi connectivity index (χ1n) is 19.5. The van der Waals surface area contributed by atoms with Crippen LogP contribution in [0.4, 0.5) is 9.18 Å². The van der Waals surface area contributed by atoms with Crippen molar-refractivity contribution in [1.29, 1.82) is 0 Å². The molecule has 6 aliphatic rings. The minimum absolute atomic E-state index is 0.00186. The molecule has 2 saturated carbocycles. The van der Waals surface area contributed by atoms with Crippen molar-refractivity contribution in [3.8, 4) is 0 Å². The molecule has 3 fully saturated rings. The number of allylic oxidation sites excluding steroid dienone is 1. The summed E-state index contributed by atoms with van der Waals surface area (Å²) in [5.41, 5.74) is 1.71. The van der Waals surface area contributed by atoms with Crippen LogP contribution in [0, 0.1) is 11.7 Å². The maximum atomic E-state index is 14.6. The number of halogens is 1. The van der Waals surface area contributed by atoms with Crippen molar-refractivity contribution in [2.24, 2.45) is 5.92 Å². The van der Waals surface area contributed by atoms with Crippen molar-refractivity contribution in [2.75, 3.05) is 6.54 Å². The zero-order chi connectivity index (χ0) is 39.4. The number of amides is 5. The highest BCUT2D eigenvalue weighted by Crippen LogP contribution is 2.46. The summed E-state index contributed by atoms with van der Waals surface area (Å²) in [5.74, 6) is -3.48. The van der Waals surface area contributed by atoms with Gasteiger partial charge in [-0.05, 0) is 67.2 Å². The monoisotopic (exact) mass is 789 g/mol. The standard InChI is InChI=1S/C39H45BFN5O9S/c1-40-30-16-23(12-13-25(30)22-54-40)34(47)42-32-11-6-4-2-3-5-9-26-18-39(26,37(50)44-56(52,53)28-14-15-28)43-35(48)33-17-27(20-46(33)36(32)49)55-38(51)45-19-24-8-7-10-31(41)29(24)21-45/h5,7-10,12-13,16,26-28,32-33H,2-4,6,11,14-15,17-22H2,1H3,(H,42,47)(H,43,48)(H,44,50)/b9-5-/t26-,27-,32+,33?,39-/m1/s1. The second-order valence-corrected chi connectivity index (χ2v) is 17.8. The molecule has 0 bridgehead atoms. The molecular formula is C39H45BFN5O9S. The molecule has 0 radical (unpaired) electrons. The lowest BCUT2D eigenvalue weighted by Crippen LogP contribution is -2.58. The van der Waals surface area contributed by atoms with Gasteiger partial charge in [-0.3, -0.25) is 28.8 Å². The largest absolute Gasteiger partial charge is 0.444 e. The van der Waals surface area contributed by atoms with E-state index in [4.69, 9.17) is 9.39 Å². The van der Waals surface area contributed by atoms with Crippen LogP contribution in [0.5, 0.6) is 0 Å². The molecule has 2 aliphatic carbocycles. The Labute approximate surface area is 325 Å². The van der Waals surface area contributed by atoms with Crippen LogP contribution in [0.25, 0.3) is 0 Å². The highest BCUT2D eigenvalue weighted by atomic mass is 32.2. The summed E-state index contributed by atoms with van der Waals surface area (Å²) in [4.78, 5) is 72.5.